The molecular weight excluding hydrogens is 443 g/mol. The fourth-order valence-corrected chi connectivity index (χ4v) is 21.5. The van der Waals surface area contributed by atoms with E-state index in [1.54, 1.807) is 3.85 Å². The molecule has 3 saturated carbocycles. The molecule has 142 valence electrons. The van der Waals surface area contributed by atoms with Crippen LogP contribution < -0.4 is 0 Å². The quantitative estimate of drug-likeness (QED) is 0.283. The Morgan fingerprint density at radius 1 is 0.625 bits per heavy atom. The van der Waals surface area contributed by atoms with Crippen LogP contribution in [-0.4, -0.2) is 20.8 Å². The van der Waals surface area contributed by atoms with Crippen molar-refractivity contribution in [1.29, 1.82) is 0 Å². The first kappa shape index (κ1) is 20.2. The fraction of sp³-hybridized carbons (Fsp3) is 0.950. The predicted molar refractivity (Wildman–Crippen MR) is 110 cm³/mol. The summed E-state index contributed by atoms with van der Waals surface area (Å²) in [7, 11) is 12.4. The molecule has 3 aliphatic rings. The molecule has 0 saturated heterocycles. The normalized spacial score (nSPS) is 26.4. The Morgan fingerprint density at radius 2 is 0.917 bits per heavy atom. The van der Waals surface area contributed by atoms with Crippen molar-refractivity contribution in [2.45, 2.75) is 120 Å². The molecule has 0 N–H and O–H groups in total. The van der Waals surface area contributed by atoms with Gasteiger partial charge in [0.05, 0.1) is 0 Å². The molecule has 0 aliphatic heterocycles. The molecule has 0 bridgehead atoms. The standard InChI is InChI=1S/C20H36P.2ClH.Ru/c1-2-21(18-12-6-3-7-13-18,19-14-8-4-9-15-19)20-16-10-5-11-17-20;;;/h18-20H,3-17H2,1H3;2*1H;/q+1;;;+2/p-2. The van der Waals surface area contributed by atoms with Crippen molar-refractivity contribution in [3.05, 3.63) is 0 Å². The Bertz CT molecular complexity index is 383. The van der Waals surface area contributed by atoms with E-state index in [1.807, 2.05) is 0 Å². The van der Waals surface area contributed by atoms with E-state index in [-0.39, 0.29) is 0 Å². The Morgan fingerprint density at radius 3 is 1.17 bits per heavy atom. The Hall–Kier alpha value is 1.50. The molecule has 24 heavy (non-hydrogen) atoms. The average molecular weight is 479 g/mol. The van der Waals surface area contributed by atoms with Crippen LogP contribution in [0.4, 0.5) is 0 Å². The Labute approximate surface area is 163 Å². The monoisotopic (exact) mass is 479 g/mol. The van der Waals surface area contributed by atoms with Gasteiger partial charge in [0, 0.05) is 0 Å². The van der Waals surface area contributed by atoms with Gasteiger partial charge in [0.1, 0.15) is 0 Å². The average Bonchev–Trinajstić information content (AvgIpc) is 2.65. The van der Waals surface area contributed by atoms with Crippen molar-refractivity contribution < 1.29 is 13.5 Å². The first-order valence-electron chi connectivity index (χ1n) is 10.4. The number of hydrogen-bond acceptors (Lipinski definition) is 0. The van der Waals surface area contributed by atoms with Crippen LogP contribution in [0.3, 0.4) is 0 Å². The van der Waals surface area contributed by atoms with E-state index in [0.717, 1.165) is 17.0 Å². The molecule has 0 unspecified atom stereocenters. The summed E-state index contributed by atoms with van der Waals surface area (Å²) in [6.45, 7) is 2.45. The molecule has 0 radical (unpaired) electrons. The van der Waals surface area contributed by atoms with Crippen molar-refractivity contribution in [3.8, 4) is 0 Å². The molecular formula is C20H36Cl2PRu+. The van der Waals surface area contributed by atoms with Crippen LogP contribution in [0.25, 0.3) is 0 Å². The summed E-state index contributed by atoms with van der Waals surface area (Å²) < 4.78 is 1.71. The van der Waals surface area contributed by atoms with Crippen LogP contribution in [0.2, 0.25) is 0 Å². The van der Waals surface area contributed by atoms with Crippen LogP contribution in [0, 0.1) is 0 Å². The van der Waals surface area contributed by atoms with E-state index in [0.29, 0.717) is 0 Å². The summed E-state index contributed by atoms with van der Waals surface area (Å²) in [4.78, 5) is 0. The van der Waals surface area contributed by atoms with Gasteiger partial charge < -0.3 is 0 Å². The van der Waals surface area contributed by atoms with Crippen LogP contribution >= 0.6 is 26.6 Å². The van der Waals surface area contributed by atoms with Gasteiger partial charge in [0.2, 0.25) is 0 Å². The van der Waals surface area contributed by atoms with Crippen molar-refractivity contribution in [3.63, 3.8) is 0 Å². The maximum atomic E-state index is 6.77. The van der Waals surface area contributed by atoms with E-state index in [2.05, 4.69) is 6.92 Å². The van der Waals surface area contributed by atoms with Crippen LogP contribution in [0.1, 0.15) is 103 Å². The number of rotatable bonds is 4. The first-order valence-corrected chi connectivity index (χ1v) is 17.7. The van der Waals surface area contributed by atoms with Crippen molar-refractivity contribution >= 4 is 30.5 Å². The molecule has 0 amide bonds. The zero-order chi connectivity index (χ0) is 17.0. The van der Waals surface area contributed by atoms with Crippen LogP contribution in [0.5, 0.6) is 0 Å². The third-order valence-electron chi connectivity index (χ3n) is 7.25. The molecule has 0 atom stereocenters. The zero-order valence-electron chi connectivity index (χ0n) is 15.4. The van der Waals surface area contributed by atoms with E-state index >= 15 is 0 Å². The molecule has 0 spiro atoms. The molecule has 0 aromatic rings. The van der Waals surface area contributed by atoms with Crippen LogP contribution in [-0.2, 0) is 13.5 Å². The second-order valence-electron chi connectivity index (χ2n) is 8.37. The Balaban J connectivity index is 2.04. The topological polar surface area (TPSA) is 0 Å². The van der Waals surface area contributed by atoms with Crippen molar-refractivity contribution in [2.24, 2.45) is 0 Å². The van der Waals surface area contributed by atoms with Gasteiger partial charge in [-0.1, -0.05) is 0 Å². The second kappa shape index (κ2) is 9.62. The third-order valence-corrected chi connectivity index (χ3v) is 20.9. The van der Waals surface area contributed by atoms with E-state index in [9.17, 15) is 0 Å². The predicted octanol–water partition coefficient (Wildman–Crippen LogP) is 8.08. The number of halogens is 2. The van der Waals surface area contributed by atoms with Gasteiger partial charge >= 0.3 is 164 Å². The number of hydrogen-bond donors (Lipinski definition) is 0. The Kier molecular flexibility index (Phi) is 8.12. The van der Waals surface area contributed by atoms with Gasteiger partial charge in [0.25, 0.3) is 0 Å². The molecule has 3 aliphatic carbocycles. The van der Waals surface area contributed by atoms with Gasteiger partial charge in [-0.3, -0.25) is 0 Å². The van der Waals surface area contributed by atoms with E-state index in [1.165, 1.54) is 96.3 Å². The zero-order valence-corrected chi connectivity index (χ0v) is 19.5. The van der Waals surface area contributed by atoms with E-state index < -0.39 is 20.8 Å². The minimum absolute atomic E-state index is 0.992. The summed E-state index contributed by atoms with van der Waals surface area (Å²) in [6.07, 6.45) is 22.2. The summed E-state index contributed by atoms with van der Waals surface area (Å²) in [6, 6.07) is 0. The summed E-state index contributed by atoms with van der Waals surface area (Å²) in [5, 5.41) is 0. The fourth-order valence-electron chi connectivity index (χ4n) is 6.26. The second-order valence-corrected chi connectivity index (χ2v) is 19.8. The third kappa shape index (κ3) is 4.16. The van der Waals surface area contributed by atoms with Gasteiger partial charge in [-0.25, -0.2) is 0 Å². The van der Waals surface area contributed by atoms with Crippen molar-refractivity contribution in [1.82, 2.24) is 0 Å². The molecule has 4 heteroatoms. The van der Waals surface area contributed by atoms with E-state index in [4.69, 9.17) is 19.4 Å². The van der Waals surface area contributed by atoms with Crippen molar-refractivity contribution in [2.75, 3.05) is 0 Å². The molecule has 3 fully saturated rings. The van der Waals surface area contributed by atoms with Gasteiger partial charge in [-0.15, -0.1) is 0 Å². The molecule has 0 nitrogen and oxygen atoms in total. The first-order chi connectivity index (χ1) is 11.7. The summed E-state index contributed by atoms with van der Waals surface area (Å²) >= 11 is -1.74. The molecule has 0 heterocycles. The summed E-state index contributed by atoms with van der Waals surface area (Å²) in [5.74, 6) is 0. The van der Waals surface area contributed by atoms with Gasteiger partial charge in [-0.2, -0.15) is 0 Å². The molecule has 3 rings (SSSR count). The maximum absolute atomic E-state index is 6.77. The molecule has 0 aromatic heterocycles. The minimum atomic E-state index is -1.74. The molecule has 0 aromatic carbocycles. The van der Waals surface area contributed by atoms with Gasteiger partial charge in [-0.05, 0) is 0 Å². The van der Waals surface area contributed by atoms with Crippen LogP contribution in [0.15, 0.2) is 0 Å². The van der Waals surface area contributed by atoms with Gasteiger partial charge in [0.15, 0.2) is 0 Å². The SMILES string of the molecule is C[C](=[Ru]([Cl])[Cl])[P+](C1CCCCC1)(C1CCCCC1)C1CCCCC1. The summed E-state index contributed by atoms with van der Waals surface area (Å²) in [5.41, 5.74) is 2.98.